The summed E-state index contributed by atoms with van der Waals surface area (Å²) in [6.45, 7) is 7.41. The Morgan fingerprint density at radius 2 is 0.438 bits per heavy atom. The van der Waals surface area contributed by atoms with Gasteiger partial charge < -0.3 is 33.8 Å². The average Bonchev–Trinajstić information content (AvgIpc) is 0.906. The Morgan fingerprint density at radius 1 is 0.257 bits per heavy atom. The third kappa shape index (κ3) is 79.9. The summed E-state index contributed by atoms with van der Waals surface area (Å²) in [7, 11) is -9.93. The molecule has 0 aliphatic rings. The summed E-state index contributed by atoms with van der Waals surface area (Å²) in [6.07, 6.45) is 72.0. The fraction of sp³-hybridized carbons (Fsp3) is 0.953. The van der Waals surface area contributed by atoms with Gasteiger partial charge in [-0.05, 0) is 31.6 Å². The van der Waals surface area contributed by atoms with Gasteiger partial charge in [0.2, 0.25) is 0 Å². The van der Waals surface area contributed by atoms with Crippen LogP contribution in [0.5, 0.6) is 0 Å². The lowest BCUT2D eigenvalue weighted by molar-refractivity contribution is -0.161. The van der Waals surface area contributed by atoms with E-state index in [1.165, 1.54) is 289 Å². The molecule has 0 aromatic rings. The second kappa shape index (κ2) is 78.7. The van der Waals surface area contributed by atoms with Crippen LogP contribution >= 0.6 is 15.6 Å². The quantitative estimate of drug-likeness (QED) is 0.0222. The first-order valence-electron chi connectivity index (χ1n) is 44.6. The number of hydrogen-bond acceptors (Lipinski definition) is 15. The number of carbonyl (C=O) groups excluding carboxylic acids is 4. The minimum absolute atomic E-state index is 0.109. The molecular weight excluding hydrogens is 1370 g/mol. The first-order valence-corrected chi connectivity index (χ1v) is 47.6. The van der Waals surface area contributed by atoms with Crippen molar-refractivity contribution in [3.63, 3.8) is 0 Å². The molecule has 0 rings (SSSR count). The number of aliphatic hydroxyl groups excluding tert-OH is 1. The largest absolute Gasteiger partial charge is 0.472 e. The molecular formula is C86H168O17P2. The summed E-state index contributed by atoms with van der Waals surface area (Å²) in [5.41, 5.74) is 0. The zero-order chi connectivity index (χ0) is 76.9. The molecule has 0 bridgehead atoms. The van der Waals surface area contributed by atoms with E-state index in [9.17, 15) is 43.2 Å². The Morgan fingerprint density at radius 3 is 0.648 bits per heavy atom. The number of unbranched alkanes of at least 4 members (excludes halogenated alkanes) is 58. The molecule has 0 saturated carbocycles. The van der Waals surface area contributed by atoms with Crippen molar-refractivity contribution in [2.24, 2.45) is 5.92 Å². The molecule has 0 fully saturated rings. The summed E-state index contributed by atoms with van der Waals surface area (Å²) in [4.78, 5) is 73.3. The van der Waals surface area contributed by atoms with Gasteiger partial charge in [-0.1, -0.05) is 413 Å². The summed E-state index contributed by atoms with van der Waals surface area (Å²) in [6, 6.07) is 0. The average molecular weight is 1540 g/mol. The molecule has 105 heavy (non-hydrogen) atoms. The lowest BCUT2D eigenvalue weighted by Crippen LogP contribution is -2.30. The second-order valence-electron chi connectivity index (χ2n) is 31.4. The van der Waals surface area contributed by atoms with Crippen LogP contribution in [0, 0.1) is 5.92 Å². The van der Waals surface area contributed by atoms with Crippen LogP contribution in [0.25, 0.3) is 0 Å². The van der Waals surface area contributed by atoms with E-state index in [1.54, 1.807) is 0 Å². The van der Waals surface area contributed by atoms with Crippen LogP contribution in [0.1, 0.15) is 465 Å². The van der Waals surface area contributed by atoms with Gasteiger partial charge in [-0.15, -0.1) is 0 Å². The molecule has 0 aliphatic heterocycles. The minimum Gasteiger partial charge on any atom is -0.462 e. The highest BCUT2D eigenvalue weighted by molar-refractivity contribution is 7.47. The van der Waals surface area contributed by atoms with E-state index in [-0.39, 0.29) is 25.7 Å². The second-order valence-corrected chi connectivity index (χ2v) is 34.3. The summed E-state index contributed by atoms with van der Waals surface area (Å²) >= 11 is 0. The van der Waals surface area contributed by atoms with Gasteiger partial charge in [0, 0.05) is 25.7 Å². The Hall–Kier alpha value is -1.94. The van der Waals surface area contributed by atoms with Crippen molar-refractivity contribution in [2.75, 3.05) is 39.6 Å². The van der Waals surface area contributed by atoms with Crippen LogP contribution in [0.15, 0.2) is 0 Å². The van der Waals surface area contributed by atoms with E-state index in [1.807, 2.05) is 0 Å². The first kappa shape index (κ1) is 103. The van der Waals surface area contributed by atoms with Gasteiger partial charge in [0.25, 0.3) is 0 Å². The molecule has 0 amide bonds. The van der Waals surface area contributed by atoms with E-state index < -0.39 is 97.5 Å². The molecule has 2 unspecified atom stereocenters. The zero-order valence-electron chi connectivity index (χ0n) is 68.9. The number of phosphoric ester groups is 2. The number of phosphoric acid groups is 2. The maximum atomic E-state index is 13.1. The van der Waals surface area contributed by atoms with Crippen LogP contribution in [-0.4, -0.2) is 96.7 Å². The van der Waals surface area contributed by atoms with Gasteiger partial charge in [0.15, 0.2) is 12.2 Å². The molecule has 0 saturated heterocycles. The van der Waals surface area contributed by atoms with E-state index in [2.05, 4.69) is 34.6 Å². The van der Waals surface area contributed by atoms with E-state index in [0.29, 0.717) is 25.7 Å². The topological polar surface area (TPSA) is 237 Å². The molecule has 3 N–H and O–H groups in total. The maximum absolute atomic E-state index is 13.1. The first-order chi connectivity index (χ1) is 51.0. The standard InChI is InChI=1S/C86H168O17P2/c1-6-9-12-15-18-21-24-27-29-36-40-45-50-55-60-65-70-84(89)97-76-82(103-86(91)72-67-62-57-52-47-42-37-33-31-30-32-35-39-43-48-53-58-63-68-79(4)5)78-101-105(94,95)99-74-80(87)73-98-104(92,93)100-77-81(75-96-83(88)69-64-59-54-49-44-38-26-23-20-17-14-11-8-3)102-85(90)71-66-61-56-51-46-41-34-28-25-22-19-16-13-10-7-2/h79-82,87H,6-78H2,1-5H3,(H,92,93)(H,94,95)/t80-,81+,82+/m0/s1. The molecule has 0 aromatic carbocycles. The summed E-state index contributed by atoms with van der Waals surface area (Å²) in [5, 5.41) is 10.7. The Labute approximate surface area is 645 Å². The minimum atomic E-state index is -4.97. The number of carbonyl (C=O) groups is 4. The summed E-state index contributed by atoms with van der Waals surface area (Å²) in [5.74, 6) is -1.28. The lowest BCUT2D eigenvalue weighted by atomic mass is 10.0. The van der Waals surface area contributed by atoms with Gasteiger partial charge in [-0.3, -0.25) is 37.3 Å². The van der Waals surface area contributed by atoms with E-state index in [4.69, 9.17) is 37.0 Å². The predicted molar refractivity (Wildman–Crippen MR) is 432 cm³/mol. The van der Waals surface area contributed by atoms with Gasteiger partial charge in [0.05, 0.1) is 26.4 Å². The van der Waals surface area contributed by atoms with Crippen molar-refractivity contribution in [3.05, 3.63) is 0 Å². The van der Waals surface area contributed by atoms with Gasteiger partial charge >= 0.3 is 39.5 Å². The zero-order valence-corrected chi connectivity index (χ0v) is 70.7. The van der Waals surface area contributed by atoms with Gasteiger partial charge in [0.1, 0.15) is 19.3 Å². The number of hydrogen-bond donors (Lipinski definition) is 3. The molecule has 0 heterocycles. The lowest BCUT2D eigenvalue weighted by Gasteiger charge is -2.21. The fourth-order valence-corrected chi connectivity index (χ4v) is 15.1. The smallest absolute Gasteiger partial charge is 0.462 e. The monoisotopic (exact) mass is 1540 g/mol. The molecule has 624 valence electrons. The number of rotatable bonds is 86. The molecule has 0 radical (unpaired) electrons. The van der Waals surface area contributed by atoms with Crippen molar-refractivity contribution < 1.29 is 80.2 Å². The van der Waals surface area contributed by atoms with Crippen LogP contribution in [0.3, 0.4) is 0 Å². The van der Waals surface area contributed by atoms with Crippen molar-refractivity contribution in [3.8, 4) is 0 Å². The SMILES string of the molecule is CCCCCCCCCCCCCCCCCCC(=O)OC[C@H](COP(=O)(O)OC[C@@H](O)COP(=O)(O)OC[C@@H](COC(=O)CCCCCCCCCCCCCCC)OC(=O)CCCCCCCCCCCCCCCCC)OC(=O)CCCCCCCCCCCCCCCCCCCCC(C)C. The molecule has 0 aliphatic carbocycles. The van der Waals surface area contributed by atoms with Crippen LogP contribution in [-0.2, 0) is 65.4 Å². The van der Waals surface area contributed by atoms with Gasteiger partial charge in [-0.2, -0.15) is 0 Å². The van der Waals surface area contributed by atoms with E-state index in [0.717, 1.165) is 95.8 Å². The molecule has 0 aromatic heterocycles. The predicted octanol–water partition coefficient (Wildman–Crippen LogP) is 26.4. The molecule has 17 nitrogen and oxygen atoms in total. The van der Waals surface area contributed by atoms with Crippen LogP contribution < -0.4 is 0 Å². The van der Waals surface area contributed by atoms with Crippen LogP contribution in [0.2, 0.25) is 0 Å². The third-order valence-corrected chi connectivity index (χ3v) is 22.2. The Balaban J connectivity index is 5.25. The van der Waals surface area contributed by atoms with Crippen molar-refractivity contribution in [1.82, 2.24) is 0 Å². The summed E-state index contributed by atoms with van der Waals surface area (Å²) < 4.78 is 68.9. The number of aliphatic hydroxyl groups is 1. The normalized spacial score (nSPS) is 13.8. The Bertz CT molecular complexity index is 2000. The maximum Gasteiger partial charge on any atom is 0.472 e. The Kier molecular flexibility index (Phi) is 77.3. The fourth-order valence-electron chi connectivity index (χ4n) is 13.5. The highest BCUT2D eigenvalue weighted by Gasteiger charge is 2.30. The van der Waals surface area contributed by atoms with Gasteiger partial charge in [-0.25, -0.2) is 9.13 Å². The van der Waals surface area contributed by atoms with Crippen molar-refractivity contribution in [1.29, 1.82) is 0 Å². The highest BCUT2D eigenvalue weighted by Crippen LogP contribution is 2.45. The van der Waals surface area contributed by atoms with E-state index >= 15 is 0 Å². The van der Waals surface area contributed by atoms with Crippen molar-refractivity contribution in [2.45, 2.75) is 483 Å². The highest BCUT2D eigenvalue weighted by atomic mass is 31.2. The number of esters is 4. The molecule has 19 heteroatoms. The molecule has 5 atom stereocenters. The molecule has 0 spiro atoms. The third-order valence-electron chi connectivity index (χ3n) is 20.3. The number of ether oxygens (including phenoxy) is 4. The van der Waals surface area contributed by atoms with Crippen molar-refractivity contribution >= 4 is 39.5 Å². The van der Waals surface area contributed by atoms with Crippen LogP contribution in [0.4, 0.5) is 0 Å².